The largest absolute Gasteiger partial charge is 0.359 e. The first kappa shape index (κ1) is 16.0. The summed E-state index contributed by atoms with van der Waals surface area (Å²) >= 11 is 0. The third-order valence-electron chi connectivity index (χ3n) is 4.76. The molecule has 23 heavy (non-hydrogen) atoms. The molecule has 0 bridgehead atoms. The summed E-state index contributed by atoms with van der Waals surface area (Å²) in [6.45, 7) is 7.10. The van der Waals surface area contributed by atoms with E-state index in [1.54, 1.807) is 0 Å². The molecule has 0 radical (unpaired) electrons. The van der Waals surface area contributed by atoms with Gasteiger partial charge in [-0.3, -0.25) is 4.57 Å². The van der Waals surface area contributed by atoms with Crippen LogP contribution in [0.15, 0.2) is 29.1 Å². The Kier molecular flexibility index (Phi) is 4.96. The Morgan fingerprint density at radius 1 is 1.17 bits per heavy atom. The third kappa shape index (κ3) is 3.39. The van der Waals surface area contributed by atoms with Crippen LogP contribution in [0.2, 0.25) is 0 Å². The molecule has 0 spiro atoms. The van der Waals surface area contributed by atoms with Gasteiger partial charge >= 0.3 is 5.69 Å². The Hall–Kier alpha value is -1.88. The average molecular weight is 314 g/mol. The molecular formula is C18H26N4O. The number of nitrogens with zero attached hydrogens (tertiary/aromatic N) is 4. The molecule has 1 aliphatic heterocycles. The summed E-state index contributed by atoms with van der Waals surface area (Å²) in [4.78, 5) is 21.4. The summed E-state index contributed by atoms with van der Waals surface area (Å²) in [7, 11) is 1.98. The number of benzene rings is 1. The lowest BCUT2D eigenvalue weighted by molar-refractivity contribution is 0.325. The Morgan fingerprint density at radius 3 is 2.65 bits per heavy atom. The molecule has 1 saturated heterocycles. The minimum atomic E-state index is -0.138. The minimum Gasteiger partial charge on any atom is -0.359 e. The van der Waals surface area contributed by atoms with Crippen molar-refractivity contribution >= 4 is 16.7 Å². The first-order valence-corrected chi connectivity index (χ1v) is 8.63. The van der Waals surface area contributed by atoms with Crippen LogP contribution in [0.1, 0.15) is 26.2 Å². The first-order valence-electron chi connectivity index (χ1n) is 8.63. The highest BCUT2D eigenvalue weighted by molar-refractivity contribution is 5.89. The topological polar surface area (TPSA) is 41.4 Å². The van der Waals surface area contributed by atoms with Gasteiger partial charge in [-0.1, -0.05) is 12.1 Å². The van der Waals surface area contributed by atoms with Crippen LogP contribution < -0.4 is 10.6 Å². The molecule has 1 aromatic heterocycles. The third-order valence-corrected chi connectivity index (χ3v) is 4.76. The van der Waals surface area contributed by atoms with Gasteiger partial charge in [0.1, 0.15) is 5.82 Å². The number of para-hydroxylation sites is 1. The standard InChI is InChI=1S/C18H26N4O/c1-3-20(2)17-15-9-4-5-10-16(15)22(18(23)19-17)14-8-13-21-11-6-7-12-21/h4-5,9-10H,3,6-8,11-14H2,1-2H3. The van der Waals surface area contributed by atoms with Crippen molar-refractivity contribution in [1.82, 2.24) is 14.5 Å². The lowest BCUT2D eigenvalue weighted by Gasteiger charge is -2.20. The molecule has 0 amide bonds. The number of likely N-dealkylation sites (tertiary alicyclic amines) is 1. The molecule has 0 unspecified atom stereocenters. The number of fused-ring (bicyclic) bond motifs is 1. The van der Waals surface area contributed by atoms with Gasteiger partial charge in [-0.15, -0.1) is 0 Å². The molecule has 2 heterocycles. The van der Waals surface area contributed by atoms with Crippen LogP contribution in [0, 0.1) is 0 Å². The predicted molar refractivity (Wildman–Crippen MR) is 95.2 cm³/mol. The van der Waals surface area contributed by atoms with E-state index in [9.17, 15) is 4.79 Å². The molecule has 0 aliphatic carbocycles. The van der Waals surface area contributed by atoms with Crippen LogP contribution >= 0.6 is 0 Å². The van der Waals surface area contributed by atoms with Crippen LogP contribution in [0.4, 0.5) is 5.82 Å². The van der Waals surface area contributed by atoms with E-state index in [-0.39, 0.29) is 5.69 Å². The molecule has 0 N–H and O–H groups in total. The second kappa shape index (κ2) is 7.13. The van der Waals surface area contributed by atoms with E-state index in [4.69, 9.17) is 0 Å². The van der Waals surface area contributed by atoms with Crippen molar-refractivity contribution in [1.29, 1.82) is 0 Å². The fraction of sp³-hybridized carbons (Fsp3) is 0.556. The minimum absolute atomic E-state index is 0.138. The molecule has 2 aromatic rings. The number of hydrogen-bond acceptors (Lipinski definition) is 4. The van der Waals surface area contributed by atoms with Crippen molar-refractivity contribution in [3.8, 4) is 0 Å². The SMILES string of the molecule is CCN(C)c1nc(=O)n(CCCN2CCCC2)c2ccccc12. The van der Waals surface area contributed by atoms with Crippen LogP contribution in [0.25, 0.3) is 10.9 Å². The zero-order valence-corrected chi connectivity index (χ0v) is 14.2. The monoisotopic (exact) mass is 314 g/mol. The van der Waals surface area contributed by atoms with Crippen molar-refractivity contribution < 1.29 is 0 Å². The van der Waals surface area contributed by atoms with Gasteiger partial charge in [0.2, 0.25) is 0 Å². The quantitative estimate of drug-likeness (QED) is 0.821. The van der Waals surface area contributed by atoms with Crippen molar-refractivity contribution in [2.24, 2.45) is 0 Å². The van der Waals surface area contributed by atoms with Gasteiger partial charge in [0, 0.05) is 25.5 Å². The van der Waals surface area contributed by atoms with E-state index >= 15 is 0 Å². The number of hydrogen-bond donors (Lipinski definition) is 0. The second-order valence-electron chi connectivity index (χ2n) is 6.30. The zero-order valence-electron chi connectivity index (χ0n) is 14.2. The van der Waals surface area contributed by atoms with Gasteiger partial charge in [-0.2, -0.15) is 4.98 Å². The normalized spacial score (nSPS) is 15.4. The Morgan fingerprint density at radius 2 is 1.91 bits per heavy atom. The maximum atomic E-state index is 12.5. The molecule has 0 atom stereocenters. The smallest absolute Gasteiger partial charge is 0.350 e. The Bertz CT molecular complexity index is 719. The van der Waals surface area contributed by atoms with Gasteiger partial charge in [0.15, 0.2) is 0 Å². The van der Waals surface area contributed by atoms with E-state index in [1.165, 1.54) is 25.9 Å². The van der Waals surface area contributed by atoms with Gasteiger partial charge < -0.3 is 9.80 Å². The zero-order chi connectivity index (χ0) is 16.2. The summed E-state index contributed by atoms with van der Waals surface area (Å²) in [5.74, 6) is 0.781. The van der Waals surface area contributed by atoms with Crippen molar-refractivity contribution in [3.63, 3.8) is 0 Å². The van der Waals surface area contributed by atoms with E-state index in [1.807, 2.05) is 34.7 Å². The van der Waals surface area contributed by atoms with Crippen LogP contribution in [-0.4, -0.2) is 47.7 Å². The highest BCUT2D eigenvalue weighted by Crippen LogP contribution is 2.22. The summed E-state index contributed by atoms with van der Waals surface area (Å²) in [6, 6.07) is 8.09. The van der Waals surface area contributed by atoms with Crippen LogP contribution in [0.5, 0.6) is 0 Å². The fourth-order valence-corrected chi connectivity index (χ4v) is 3.33. The van der Waals surface area contributed by atoms with Gasteiger partial charge in [-0.05, 0) is 58.0 Å². The van der Waals surface area contributed by atoms with Crippen LogP contribution in [-0.2, 0) is 6.54 Å². The molecule has 5 heteroatoms. The molecule has 0 saturated carbocycles. The maximum Gasteiger partial charge on any atom is 0.350 e. The molecule has 1 aromatic carbocycles. The highest BCUT2D eigenvalue weighted by atomic mass is 16.1. The van der Waals surface area contributed by atoms with Crippen molar-refractivity contribution in [3.05, 3.63) is 34.7 Å². The first-order chi connectivity index (χ1) is 11.2. The van der Waals surface area contributed by atoms with E-state index < -0.39 is 0 Å². The Labute approximate surface area is 137 Å². The molecular weight excluding hydrogens is 288 g/mol. The maximum absolute atomic E-state index is 12.5. The van der Waals surface area contributed by atoms with E-state index in [0.29, 0.717) is 0 Å². The van der Waals surface area contributed by atoms with Crippen molar-refractivity contribution in [2.45, 2.75) is 32.7 Å². The molecule has 1 fully saturated rings. The average Bonchev–Trinajstić information content (AvgIpc) is 3.09. The lowest BCUT2D eigenvalue weighted by Crippen LogP contribution is -2.29. The fourth-order valence-electron chi connectivity index (χ4n) is 3.33. The number of rotatable bonds is 6. The summed E-state index contributed by atoms with van der Waals surface area (Å²) < 4.78 is 1.83. The molecule has 5 nitrogen and oxygen atoms in total. The summed E-state index contributed by atoms with van der Waals surface area (Å²) in [5.41, 5.74) is 0.852. The highest BCUT2D eigenvalue weighted by Gasteiger charge is 2.14. The van der Waals surface area contributed by atoms with Gasteiger partial charge in [0.05, 0.1) is 5.52 Å². The van der Waals surface area contributed by atoms with Crippen molar-refractivity contribution in [2.75, 3.05) is 38.1 Å². The predicted octanol–water partition coefficient (Wildman–Crippen LogP) is 2.34. The number of aromatic nitrogens is 2. The van der Waals surface area contributed by atoms with E-state index in [2.05, 4.69) is 22.9 Å². The van der Waals surface area contributed by atoms with Crippen LogP contribution in [0.3, 0.4) is 0 Å². The molecule has 1 aliphatic rings. The Balaban J connectivity index is 1.87. The number of aryl methyl sites for hydroxylation is 1. The summed E-state index contributed by atoms with van der Waals surface area (Å²) in [5, 5.41) is 1.05. The molecule has 3 rings (SSSR count). The van der Waals surface area contributed by atoms with Gasteiger partial charge in [0.25, 0.3) is 0 Å². The lowest BCUT2D eigenvalue weighted by atomic mass is 10.2. The number of anilines is 1. The van der Waals surface area contributed by atoms with Gasteiger partial charge in [-0.25, -0.2) is 4.79 Å². The second-order valence-corrected chi connectivity index (χ2v) is 6.30. The summed E-state index contributed by atoms with van der Waals surface area (Å²) in [6.07, 6.45) is 3.61. The molecule has 124 valence electrons. The van der Waals surface area contributed by atoms with E-state index in [0.717, 1.165) is 42.8 Å².